The second-order valence-corrected chi connectivity index (χ2v) is 6.54. The van der Waals surface area contributed by atoms with E-state index in [2.05, 4.69) is 72.6 Å². The second kappa shape index (κ2) is 6.29. The Kier molecular flexibility index (Phi) is 3.99. The van der Waals surface area contributed by atoms with Gasteiger partial charge in [0.2, 0.25) is 0 Å². The van der Waals surface area contributed by atoms with Gasteiger partial charge in [0.05, 0.1) is 13.2 Å². The van der Waals surface area contributed by atoms with Crippen LogP contribution in [0.3, 0.4) is 0 Å². The summed E-state index contributed by atoms with van der Waals surface area (Å²) in [5.74, 6) is 0.954. The first kappa shape index (κ1) is 15.2. The molecule has 0 N–H and O–H groups in total. The first-order chi connectivity index (χ1) is 11.8. The minimum atomic E-state index is 0.177. The zero-order valence-electron chi connectivity index (χ0n) is 14.2. The molecule has 2 nitrogen and oxygen atoms in total. The fraction of sp³-hybridized carbons (Fsp3) is 0.273. The maximum atomic E-state index is 5.77. The zero-order chi connectivity index (χ0) is 16.5. The Morgan fingerprint density at radius 2 is 1.92 bits per heavy atom. The van der Waals surface area contributed by atoms with Crippen molar-refractivity contribution in [1.29, 1.82) is 0 Å². The number of benzene rings is 3. The van der Waals surface area contributed by atoms with Gasteiger partial charge in [-0.3, -0.25) is 4.90 Å². The summed E-state index contributed by atoms with van der Waals surface area (Å²) in [6.07, 6.45) is 2.55. The van der Waals surface area contributed by atoms with E-state index in [1.165, 1.54) is 34.7 Å². The first-order valence-electron chi connectivity index (χ1n) is 8.53. The van der Waals surface area contributed by atoms with Gasteiger partial charge in [-0.25, -0.2) is 0 Å². The monoisotopic (exact) mass is 316 g/mol. The largest absolute Gasteiger partial charge is 0.496 e. The Hall–Kier alpha value is -2.32. The molecule has 1 saturated carbocycles. The molecule has 0 spiro atoms. The van der Waals surface area contributed by atoms with Crippen LogP contribution >= 0.6 is 0 Å². The van der Waals surface area contributed by atoms with Gasteiger partial charge in [-0.2, -0.15) is 0 Å². The van der Waals surface area contributed by atoms with E-state index in [1.807, 2.05) is 6.07 Å². The number of rotatable bonds is 5. The number of hydrogen-bond donors (Lipinski definition) is 0. The summed E-state index contributed by atoms with van der Waals surface area (Å²) in [5, 5.41) is 2.51. The molecule has 3 aromatic rings. The van der Waals surface area contributed by atoms with Crippen LogP contribution in [0.5, 0.6) is 5.75 Å². The molecule has 0 aliphatic heterocycles. The summed E-state index contributed by atoms with van der Waals surface area (Å²) in [5.41, 5.74) is 2.52. The maximum Gasteiger partial charge on any atom is 0.124 e. The highest BCUT2D eigenvalue weighted by molar-refractivity contribution is 5.88. The third-order valence-corrected chi connectivity index (χ3v) is 5.00. The van der Waals surface area contributed by atoms with Crippen LogP contribution in [0.15, 0.2) is 60.7 Å². The van der Waals surface area contributed by atoms with Crippen LogP contribution in [0, 0.1) is 6.07 Å². The van der Waals surface area contributed by atoms with E-state index >= 15 is 0 Å². The Morgan fingerprint density at radius 3 is 2.62 bits per heavy atom. The molecular formula is C22H22NO. The number of methoxy groups -OCH3 is 1. The van der Waals surface area contributed by atoms with Crippen molar-refractivity contribution in [1.82, 2.24) is 4.90 Å². The van der Waals surface area contributed by atoms with Crippen molar-refractivity contribution in [2.45, 2.75) is 24.9 Å². The predicted octanol–water partition coefficient (Wildman–Crippen LogP) is 4.83. The Labute approximate surface area is 143 Å². The van der Waals surface area contributed by atoms with E-state index in [1.54, 1.807) is 7.11 Å². The van der Waals surface area contributed by atoms with E-state index in [0.717, 1.165) is 5.75 Å². The van der Waals surface area contributed by atoms with Crippen LogP contribution < -0.4 is 4.74 Å². The lowest BCUT2D eigenvalue weighted by Gasteiger charge is -2.31. The molecule has 1 unspecified atom stereocenters. The molecule has 4 rings (SSSR count). The van der Waals surface area contributed by atoms with Gasteiger partial charge in [0.15, 0.2) is 0 Å². The van der Waals surface area contributed by atoms with Gasteiger partial charge >= 0.3 is 0 Å². The van der Waals surface area contributed by atoms with Crippen LogP contribution in [0.25, 0.3) is 10.8 Å². The SMILES string of the molecule is COc1ccc2ccccc2c1C(c1c[c]ccc1)N(C)C1CC1. The van der Waals surface area contributed by atoms with Crippen molar-refractivity contribution >= 4 is 10.8 Å². The summed E-state index contributed by atoms with van der Waals surface area (Å²) in [6.45, 7) is 0. The molecule has 24 heavy (non-hydrogen) atoms. The van der Waals surface area contributed by atoms with Gasteiger partial charge in [-0.05, 0) is 54.4 Å². The molecule has 1 atom stereocenters. The van der Waals surface area contributed by atoms with Crippen LogP contribution in [0.1, 0.15) is 30.0 Å². The van der Waals surface area contributed by atoms with E-state index in [-0.39, 0.29) is 6.04 Å². The van der Waals surface area contributed by atoms with Crippen LogP contribution in [0.4, 0.5) is 0 Å². The van der Waals surface area contributed by atoms with E-state index in [0.29, 0.717) is 6.04 Å². The molecule has 0 heterocycles. The van der Waals surface area contributed by atoms with Gasteiger partial charge in [0.1, 0.15) is 5.75 Å². The van der Waals surface area contributed by atoms with E-state index < -0.39 is 0 Å². The molecule has 3 aromatic carbocycles. The fourth-order valence-corrected chi connectivity index (χ4v) is 3.61. The zero-order valence-corrected chi connectivity index (χ0v) is 14.2. The van der Waals surface area contributed by atoms with Crippen molar-refractivity contribution in [3.05, 3.63) is 77.9 Å². The van der Waals surface area contributed by atoms with Crippen molar-refractivity contribution in [3.8, 4) is 5.75 Å². The number of nitrogens with zero attached hydrogens (tertiary/aromatic N) is 1. The van der Waals surface area contributed by atoms with E-state index in [9.17, 15) is 0 Å². The highest BCUT2D eigenvalue weighted by Crippen LogP contribution is 2.43. The summed E-state index contributed by atoms with van der Waals surface area (Å²) >= 11 is 0. The smallest absolute Gasteiger partial charge is 0.124 e. The second-order valence-electron chi connectivity index (χ2n) is 6.54. The molecule has 1 radical (unpaired) electrons. The summed E-state index contributed by atoms with van der Waals surface area (Å²) in [4.78, 5) is 2.49. The Bertz CT molecular complexity index is 839. The summed E-state index contributed by atoms with van der Waals surface area (Å²) in [7, 11) is 4.00. The average Bonchev–Trinajstić information content (AvgIpc) is 3.48. The molecule has 1 fully saturated rings. The molecule has 121 valence electrons. The van der Waals surface area contributed by atoms with Crippen molar-refractivity contribution in [2.24, 2.45) is 0 Å². The minimum absolute atomic E-state index is 0.177. The highest BCUT2D eigenvalue weighted by atomic mass is 16.5. The fourth-order valence-electron chi connectivity index (χ4n) is 3.61. The Balaban J connectivity index is 1.96. The number of ether oxygens (including phenoxy) is 1. The lowest BCUT2D eigenvalue weighted by atomic mass is 9.91. The molecule has 0 saturated heterocycles. The van der Waals surface area contributed by atoms with E-state index in [4.69, 9.17) is 4.74 Å². The highest BCUT2D eigenvalue weighted by Gasteiger charge is 2.34. The number of fused-ring (bicyclic) bond motifs is 1. The lowest BCUT2D eigenvalue weighted by molar-refractivity contribution is 0.263. The molecular weight excluding hydrogens is 294 g/mol. The summed E-state index contributed by atoms with van der Waals surface area (Å²) in [6, 6.07) is 25.2. The third-order valence-electron chi connectivity index (χ3n) is 5.00. The topological polar surface area (TPSA) is 12.5 Å². The van der Waals surface area contributed by atoms with Gasteiger partial charge in [-0.1, -0.05) is 48.5 Å². The lowest BCUT2D eigenvalue weighted by Crippen LogP contribution is -2.28. The third kappa shape index (κ3) is 2.67. The first-order valence-corrected chi connectivity index (χ1v) is 8.53. The molecule has 0 amide bonds. The average molecular weight is 316 g/mol. The van der Waals surface area contributed by atoms with Crippen LogP contribution in [0.2, 0.25) is 0 Å². The minimum Gasteiger partial charge on any atom is -0.496 e. The molecule has 0 aromatic heterocycles. The van der Waals surface area contributed by atoms with Gasteiger partial charge in [0.25, 0.3) is 0 Å². The van der Waals surface area contributed by atoms with Gasteiger partial charge in [0, 0.05) is 11.6 Å². The normalized spacial score (nSPS) is 15.6. The predicted molar refractivity (Wildman–Crippen MR) is 98.4 cm³/mol. The summed E-state index contributed by atoms with van der Waals surface area (Å²) < 4.78 is 5.77. The van der Waals surface area contributed by atoms with Crippen molar-refractivity contribution in [3.63, 3.8) is 0 Å². The molecule has 2 heteroatoms. The Morgan fingerprint density at radius 1 is 1.08 bits per heavy atom. The standard InChI is InChI=1S/C22H22NO/c1-23(18-13-14-18)22(17-9-4-3-5-10-17)21-19-11-7-6-8-16(19)12-15-20(21)24-2/h3-4,6-12,15,18,22H,13-14H2,1-2H3. The van der Waals surface area contributed by atoms with Crippen LogP contribution in [-0.2, 0) is 0 Å². The van der Waals surface area contributed by atoms with Crippen LogP contribution in [-0.4, -0.2) is 25.1 Å². The van der Waals surface area contributed by atoms with Crippen molar-refractivity contribution < 1.29 is 4.74 Å². The van der Waals surface area contributed by atoms with Crippen molar-refractivity contribution in [2.75, 3.05) is 14.2 Å². The molecule has 1 aliphatic carbocycles. The molecule has 1 aliphatic rings. The number of hydrogen-bond acceptors (Lipinski definition) is 2. The van der Waals surface area contributed by atoms with Gasteiger partial charge < -0.3 is 4.74 Å². The maximum absolute atomic E-state index is 5.77. The quantitative estimate of drug-likeness (QED) is 0.668. The van der Waals surface area contributed by atoms with Gasteiger partial charge in [-0.15, -0.1) is 0 Å². The molecule has 0 bridgehead atoms.